The molecular weight excluding hydrogens is 394 g/mol. The number of hydrogen-bond acceptors (Lipinski definition) is 6. The van der Waals surface area contributed by atoms with Crippen LogP contribution in [0.15, 0.2) is 53.7 Å². The van der Waals surface area contributed by atoms with E-state index in [2.05, 4.69) is 20.0 Å². The van der Waals surface area contributed by atoms with Crippen molar-refractivity contribution in [2.75, 3.05) is 31.1 Å². The van der Waals surface area contributed by atoms with Crippen LogP contribution in [0.2, 0.25) is 0 Å². The van der Waals surface area contributed by atoms with Gasteiger partial charge in [-0.3, -0.25) is 9.59 Å². The SMILES string of the molecule is C[C@H](C(=O)N1CCN(c2ncccn2)CC1)n1c2ccccc2c2cnn(C)c(=O)c21. The number of piperazine rings is 1. The van der Waals surface area contributed by atoms with Crippen LogP contribution in [0.25, 0.3) is 21.8 Å². The van der Waals surface area contributed by atoms with Crippen LogP contribution in [0.1, 0.15) is 13.0 Å². The molecule has 0 radical (unpaired) electrons. The number of rotatable bonds is 3. The highest BCUT2D eigenvalue weighted by atomic mass is 16.2. The van der Waals surface area contributed by atoms with Gasteiger partial charge in [-0.15, -0.1) is 0 Å². The number of aryl methyl sites for hydroxylation is 1. The third-order valence-electron chi connectivity index (χ3n) is 5.98. The van der Waals surface area contributed by atoms with E-state index in [9.17, 15) is 9.59 Å². The van der Waals surface area contributed by atoms with Crippen LogP contribution < -0.4 is 10.5 Å². The summed E-state index contributed by atoms with van der Waals surface area (Å²) in [7, 11) is 1.63. The number of carbonyl (C=O) groups is 1. The molecule has 1 amide bonds. The van der Waals surface area contributed by atoms with Gasteiger partial charge in [-0.2, -0.15) is 5.10 Å². The van der Waals surface area contributed by atoms with Crippen LogP contribution in [0.3, 0.4) is 0 Å². The lowest BCUT2D eigenvalue weighted by Crippen LogP contribution is -2.50. The van der Waals surface area contributed by atoms with Gasteiger partial charge in [-0.05, 0) is 19.1 Å². The molecule has 0 unspecified atom stereocenters. The minimum atomic E-state index is -0.517. The molecule has 1 saturated heterocycles. The summed E-state index contributed by atoms with van der Waals surface area (Å²) in [6.45, 7) is 4.36. The summed E-state index contributed by atoms with van der Waals surface area (Å²) < 4.78 is 3.18. The van der Waals surface area contributed by atoms with Crippen LogP contribution in [0.5, 0.6) is 0 Å². The fourth-order valence-electron chi connectivity index (χ4n) is 4.35. The second-order valence-corrected chi connectivity index (χ2v) is 7.76. The van der Waals surface area contributed by atoms with E-state index in [4.69, 9.17) is 0 Å². The third-order valence-corrected chi connectivity index (χ3v) is 5.98. The number of aromatic nitrogens is 5. The van der Waals surface area contributed by atoms with Gasteiger partial charge in [0.25, 0.3) is 5.56 Å². The molecule has 4 heterocycles. The second kappa shape index (κ2) is 7.50. The van der Waals surface area contributed by atoms with E-state index < -0.39 is 6.04 Å². The second-order valence-electron chi connectivity index (χ2n) is 7.76. The fourth-order valence-corrected chi connectivity index (χ4v) is 4.35. The maximum atomic E-state index is 13.5. The minimum Gasteiger partial charge on any atom is -0.337 e. The molecule has 158 valence electrons. The van der Waals surface area contributed by atoms with E-state index in [1.54, 1.807) is 31.7 Å². The van der Waals surface area contributed by atoms with Crippen LogP contribution in [0.4, 0.5) is 5.95 Å². The Morgan fingerprint density at radius 1 is 1.00 bits per heavy atom. The number of anilines is 1. The van der Waals surface area contributed by atoms with Crippen molar-refractivity contribution in [1.29, 1.82) is 0 Å². The Bertz CT molecular complexity index is 1320. The lowest BCUT2D eigenvalue weighted by atomic mass is 10.2. The predicted molar refractivity (Wildman–Crippen MR) is 118 cm³/mol. The molecule has 1 fully saturated rings. The highest BCUT2D eigenvalue weighted by Crippen LogP contribution is 2.30. The zero-order valence-electron chi connectivity index (χ0n) is 17.5. The van der Waals surface area contributed by atoms with E-state index >= 15 is 0 Å². The Hall–Kier alpha value is -3.75. The Kier molecular flexibility index (Phi) is 4.65. The number of nitrogens with zero attached hydrogens (tertiary/aromatic N) is 7. The molecule has 9 nitrogen and oxygen atoms in total. The number of benzene rings is 1. The largest absolute Gasteiger partial charge is 0.337 e. The van der Waals surface area contributed by atoms with E-state index in [1.807, 2.05) is 40.7 Å². The summed E-state index contributed by atoms with van der Waals surface area (Å²) >= 11 is 0. The Labute approximate surface area is 178 Å². The lowest BCUT2D eigenvalue weighted by Gasteiger charge is -2.36. The summed E-state index contributed by atoms with van der Waals surface area (Å²) in [6.07, 6.45) is 5.14. The molecule has 5 rings (SSSR count). The predicted octanol–water partition coefficient (Wildman–Crippen LogP) is 1.59. The van der Waals surface area contributed by atoms with E-state index in [1.165, 1.54) is 4.68 Å². The summed E-state index contributed by atoms with van der Waals surface area (Å²) in [5.41, 5.74) is 1.16. The third kappa shape index (κ3) is 3.13. The van der Waals surface area contributed by atoms with Crippen LogP contribution in [-0.2, 0) is 11.8 Å². The van der Waals surface area contributed by atoms with Crippen molar-refractivity contribution in [1.82, 2.24) is 29.2 Å². The van der Waals surface area contributed by atoms with Gasteiger partial charge in [0.15, 0.2) is 0 Å². The number of hydrogen-bond donors (Lipinski definition) is 0. The van der Waals surface area contributed by atoms with Crippen molar-refractivity contribution in [3.63, 3.8) is 0 Å². The number of fused-ring (bicyclic) bond motifs is 3. The maximum absolute atomic E-state index is 13.5. The molecule has 9 heteroatoms. The molecule has 0 N–H and O–H groups in total. The molecule has 1 aliphatic rings. The molecular formula is C22H23N7O2. The minimum absolute atomic E-state index is 0.00449. The molecule has 0 spiro atoms. The summed E-state index contributed by atoms with van der Waals surface area (Å²) in [6, 6.07) is 9.04. The van der Waals surface area contributed by atoms with Gasteiger partial charge in [-0.1, -0.05) is 18.2 Å². The fraction of sp³-hybridized carbons (Fsp3) is 0.318. The van der Waals surface area contributed by atoms with E-state index in [0.717, 1.165) is 16.3 Å². The zero-order chi connectivity index (χ0) is 21.5. The number of para-hydroxylation sites is 1. The van der Waals surface area contributed by atoms with Crippen LogP contribution in [0, 0.1) is 0 Å². The summed E-state index contributed by atoms with van der Waals surface area (Å²) in [5, 5.41) is 5.87. The molecule has 1 aromatic carbocycles. The first kappa shape index (κ1) is 19.2. The van der Waals surface area contributed by atoms with Crippen molar-refractivity contribution in [2.45, 2.75) is 13.0 Å². The first-order valence-electron chi connectivity index (χ1n) is 10.3. The molecule has 31 heavy (non-hydrogen) atoms. The first-order chi connectivity index (χ1) is 15.1. The molecule has 3 aromatic heterocycles. The van der Waals surface area contributed by atoms with Gasteiger partial charge in [-0.25, -0.2) is 14.6 Å². The average Bonchev–Trinajstić information content (AvgIpc) is 3.16. The number of amides is 1. The van der Waals surface area contributed by atoms with E-state index in [0.29, 0.717) is 37.6 Å². The normalized spacial score (nSPS) is 15.5. The van der Waals surface area contributed by atoms with Crippen molar-refractivity contribution in [3.05, 3.63) is 59.3 Å². The average molecular weight is 417 g/mol. The van der Waals surface area contributed by atoms with Crippen molar-refractivity contribution >= 4 is 33.7 Å². The maximum Gasteiger partial charge on any atom is 0.291 e. The first-order valence-corrected chi connectivity index (χ1v) is 10.3. The van der Waals surface area contributed by atoms with Gasteiger partial charge in [0.05, 0.1) is 11.7 Å². The molecule has 1 aliphatic heterocycles. The monoisotopic (exact) mass is 417 g/mol. The molecule has 0 saturated carbocycles. The summed E-state index contributed by atoms with van der Waals surface area (Å²) in [5.74, 6) is 0.677. The van der Waals surface area contributed by atoms with Gasteiger partial charge < -0.3 is 14.4 Å². The molecule has 0 aliphatic carbocycles. The van der Waals surface area contributed by atoms with Gasteiger partial charge in [0.1, 0.15) is 11.6 Å². The Balaban J connectivity index is 1.48. The zero-order valence-corrected chi connectivity index (χ0v) is 17.5. The number of carbonyl (C=O) groups excluding carboxylic acids is 1. The summed E-state index contributed by atoms with van der Waals surface area (Å²) in [4.78, 5) is 38.9. The van der Waals surface area contributed by atoms with Gasteiger partial charge in [0.2, 0.25) is 11.9 Å². The Morgan fingerprint density at radius 3 is 2.45 bits per heavy atom. The lowest BCUT2D eigenvalue weighted by molar-refractivity contribution is -0.134. The topological polar surface area (TPSA) is 89.2 Å². The highest BCUT2D eigenvalue weighted by molar-refractivity contribution is 6.08. The molecule has 1 atom stereocenters. The standard InChI is InChI=1S/C22H23N7O2/c1-15(20(30)27-10-12-28(13-11-27)22-23-8-5-9-24-22)29-18-7-4-3-6-16(18)17-14-25-26(2)21(31)19(17)29/h3-9,14-15H,10-13H2,1-2H3/t15-/m1/s1. The van der Waals surface area contributed by atoms with Crippen molar-refractivity contribution in [3.8, 4) is 0 Å². The highest BCUT2D eigenvalue weighted by Gasteiger charge is 2.29. The van der Waals surface area contributed by atoms with E-state index in [-0.39, 0.29) is 11.5 Å². The molecule has 4 aromatic rings. The van der Waals surface area contributed by atoms with Crippen LogP contribution in [-0.4, -0.2) is 61.3 Å². The van der Waals surface area contributed by atoms with Crippen molar-refractivity contribution < 1.29 is 4.79 Å². The van der Waals surface area contributed by atoms with Gasteiger partial charge >= 0.3 is 0 Å². The van der Waals surface area contributed by atoms with Crippen LogP contribution >= 0.6 is 0 Å². The Morgan fingerprint density at radius 2 is 1.71 bits per heavy atom. The smallest absolute Gasteiger partial charge is 0.291 e. The quantitative estimate of drug-likeness (QED) is 0.503. The van der Waals surface area contributed by atoms with Crippen molar-refractivity contribution in [2.24, 2.45) is 7.05 Å². The van der Waals surface area contributed by atoms with Gasteiger partial charge in [0, 0.05) is 56.4 Å². The molecule has 0 bridgehead atoms.